The number of rotatable bonds is 3. The first kappa shape index (κ1) is 11.9. The Morgan fingerprint density at radius 3 is 2.69 bits per heavy atom. The molecule has 0 aliphatic rings. The number of carbonyl (C=O) groups excluding carboxylic acids is 2. The summed E-state index contributed by atoms with van der Waals surface area (Å²) >= 11 is 0. The van der Waals surface area contributed by atoms with Crippen molar-refractivity contribution >= 4 is 23.8 Å². The van der Waals surface area contributed by atoms with Crippen molar-refractivity contribution in [2.75, 3.05) is 19.5 Å². The number of carbonyl (C=O) groups is 2. The fourth-order valence-corrected chi connectivity index (χ4v) is 1.16. The molecule has 0 unspecified atom stereocenters. The first-order valence-electron chi connectivity index (χ1n) is 4.59. The minimum atomic E-state index is -0.496. The Bertz CT molecular complexity index is 427. The molecule has 1 N–H and O–H groups in total. The van der Waals surface area contributed by atoms with E-state index in [0.717, 1.165) is 6.21 Å². The molecule has 0 heterocycles. The zero-order valence-electron chi connectivity index (χ0n) is 9.06. The van der Waals surface area contributed by atoms with Crippen LogP contribution in [0.4, 0.5) is 5.69 Å². The van der Waals surface area contributed by atoms with Crippen LogP contribution in [0.2, 0.25) is 0 Å². The molecule has 0 atom stereocenters. The van der Waals surface area contributed by atoms with Gasteiger partial charge in [-0.05, 0) is 12.1 Å². The number of esters is 1. The van der Waals surface area contributed by atoms with E-state index in [-0.39, 0.29) is 5.91 Å². The first-order chi connectivity index (χ1) is 7.69. The largest absolute Gasteiger partial charge is 0.465 e. The molecule has 0 saturated carbocycles. The highest BCUT2D eigenvalue weighted by Crippen LogP contribution is 2.15. The third kappa shape index (κ3) is 2.91. The van der Waals surface area contributed by atoms with Gasteiger partial charge in [0, 0.05) is 7.05 Å². The van der Waals surface area contributed by atoms with E-state index in [4.69, 9.17) is 0 Å². The summed E-state index contributed by atoms with van der Waals surface area (Å²) in [5, 5.41) is 2.54. The van der Waals surface area contributed by atoms with Crippen molar-refractivity contribution in [3.05, 3.63) is 29.8 Å². The second-order valence-electron chi connectivity index (χ2n) is 2.91. The van der Waals surface area contributed by atoms with Crippen LogP contribution in [0.3, 0.4) is 0 Å². The second-order valence-corrected chi connectivity index (χ2v) is 2.91. The van der Waals surface area contributed by atoms with Gasteiger partial charge in [0.15, 0.2) is 0 Å². The molecule has 0 radical (unpaired) electrons. The average Bonchev–Trinajstić information content (AvgIpc) is 2.29. The molecule has 5 nitrogen and oxygen atoms in total. The Morgan fingerprint density at radius 1 is 1.38 bits per heavy atom. The maximum absolute atomic E-state index is 11.4. The van der Waals surface area contributed by atoms with E-state index in [9.17, 15) is 9.59 Å². The fourth-order valence-electron chi connectivity index (χ4n) is 1.16. The van der Waals surface area contributed by atoms with Crippen molar-refractivity contribution in [3.63, 3.8) is 0 Å². The van der Waals surface area contributed by atoms with E-state index in [0.29, 0.717) is 11.3 Å². The maximum atomic E-state index is 11.4. The molecule has 5 heteroatoms. The molecular weight excluding hydrogens is 208 g/mol. The van der Waals surface area contributed by atoms with E-state index in [1.165, 1.54) is 14.2 Å². The molecule has 0 fully saturated rings. The van der Waals surface area contributed by atoms with Crippen LogP contribution in [0, 0.1) is 0 Å². The van der Waals surface area contributed by atoms with Crippen molar-refractivity contribution in [2.45, 2.75) is 0 Å². The number of hydrogen-bond acceptors (Lipinski definition) is 4. The molecule has 1 amide bonds. The Labute approximate surface area is 93.1 Å². The third-order valence-corrected chi connectivity index (χ3v) is 1.84. The van der Waals surface area contributed by atoms with Crippen LogP contribution in [-0.4, -0.2) is 32.2 Å². The van der Waals surface area contributed by atoms with Crippen LogP contribution in [0.5, 0.6) is 0 Å². The van der Waals surface area contributed by atoms with E-state index in [2.05, 4.69) is 15.0 Å². The highest BCUT2D eigenvalue weighted by atomic mass is 16.5. The Hall–Kier alpha value is -2.17. The summed E-state index contributed by atoms with van der Waals surface area (Å²) in [7, 11) is 2.78. The summed E-state index contributed by atoms with van der Waals surface area (Å²) < 4.78 is 4.59. The number of methoxy groups -OCH3 is 1. The van der Waals surface area contributed by atoms with Crippen LogP contribution in [0.25, 0.3) is 0 Å². The van der Waals surface area contributed by atoms with Crippen molar-refractivity contribution in [1.82, 2.24) is 0 Å². The number of nitrogens with zero attached hydrogens (tertiary/aromatic N) is 1. The molecule has 0 spiro atoms. The number of ether oxygens (including phenoxy) is 1. The Morgan fingerprint density at radius 2 is 2.06 bits per heavy atom. The quantitative estimate of drug-likeness (QED) is 0.613. The SMILES string of the molecule is CN=CC(=O)Nc1ccccc1C(=O)OC. The summed E-state index contributed by atoms with van der Waals surface area (Å²) in [5.74, 6) is -0.886. The molecule has 1 aromatic carbocycles. The van der Waals surface area contributed by atoms with Gasteiger partial charge in [-0.15, -0.1) is 0 Å². The number of hydrogen-bond donors (Lipinski definition) is 1. The first-order valence-corrected chi connectivity index (χ1v) is 4.59. The number of anilines is 1. The molecule has 1 aromatic rings. The van der Waals surface area contributed by atoms with E-state index >= 15 is 0 Å². The van der Waals surface area contributed by atoms with Gasteiger partial charge in [-0.25, -0.2) is 4.79 Å². The lowest BCUT2D eigenvalue weighted by molar-refractivity contribution is -0.109. The molecule has 0 saturated heterocycles. The fraction of sp³-hybridized carbons (Fsp3) is 0.182. The predicted molar refractivity (Wildman–Crippen MR) is 60.8 cm³/mol. The summed E-state index contributed by atoms with van der Waals surface area (Å²) in [4.78, 5) is 26.2. The van der Waals surface area contributed by atoms with Gasteiger partial charge < -0.3 is 10.1 Å². The molecule has 84 valence electrons. The molecule has 1 rings (SSSR count). The van der Waals surface area contributed by atoms with E-state index < -0.39 is 5.97 Å². The zero-order chi connectivity index (χ0) is 12.0. The monoisotopic (exact) mass is 220 g/mol. The predicted octanol–water partition coefficient (Wildman–Crippen LogP) is 1.11. The number of aliphatic imine (C=N–C) groups is 1. The van der Waals surface area contributed by atoms with Gasteiger partial charge in [0.05, 0.1) is 24.6 Å². The standard InChI is InChI=1S/C11H12N2O3/c1-12-7-10(14)13-9-6-4-3-5-8(9)11(15)16-2/h3-7H,1-2H3,(H,13,14). The van der Waals surface area contributed by atoms with Gasteiger partial charge in [0.25, 0.3) is 5.91 Å². The summed E-state index contributed by atoms with van der Waals surface area (Å²) in [6, 6.07) is 6.60. The summed E-state index contributed by atoms with van der Waals surface area (Å²) in [5.41, 5.74) is 0.710. The number of amides is 1. The number of para-hydroxylation sites is 1. The van der Waals surface area contributed by atoms with Crippen molar-refractivity contribution in [2.24, 2.45) is 4.99 Å². The van der Waals surface area contributed by atoms with E-state index in [1.54, 1.807) is 24.3 Å². The topological polar surface area (TPSA) is 67.8 Å². The van der Waals surface area contributed by atoms with Gasteiger partial charge in [-0.1, -0.05) is 12.1 Å². The van der Waals surface area contributed by atoms with Crippen molar-refractivity contribution < 1.29 is 14.3 Å². The van der Waals surface area contributed by atoms with Crippen molar-refractivity contribution in [1.29, 1.82) is 0 Å². The van der Waals surface area contributed by atoms with Crippen molar-refractivity contribution in [3.8, 4) is 0 Å². The van der Waals surface area contributed by atoms with Gasteiger partial charge in [-0.3, -0.25) is 9.79 Å². The lowest BCUT2D eigenvalue weighted by Gasteiger charge is -2.07. The summed E-state index contributed by atoms with van der Waals surface area (Å²) in [6.45, 7) is 0. The molecule has 0 aromatic heterocycles. The molecule has 0 aliphatic heterocycles. The highest BCUT2D eigenvalue weighted by Gasteiger charge is 2.11. The minimum absolute atomic E-state index is 0.308. The number of benzene rings is 1. The second kappa shape index (κ2) is 5.65. The lowest BCUT2D eigenvalue weighted by Crippen LogP contribution is -2.15. The van der Waals surface area contributed by atoms with Crippen LogP contribution in [0.1, 0.15) is 10.4 Å². The average molecular weight is 220 g/mol. The number of nitrogens with one attached hydrogen (secondary N) is 1. The van der Waals surface area contributed by atoms with Crippen LogP contribution >= 0.6 is 0 Å². The molecule has 16 heavy (non-hydrogen) atoms. The highest BCUT2D eigenvalue weighted by molar-refractivity contribution is 6.32. The normalized spacial score (nSPS) is 10.1. The van der Waals surface area contributed by atoms with Gasteiger partial charge in [0.2, 0.25) is 0 Å². The summed E-state index contributed by atoms with van der Waals surface area (Å²) in [6.07, 6.45) is 1.13. The molecule has 0 aliphatic carbocycles. The Balaban J connectivity index is 2.95. The minimum Gasteiger partial charge on any atom is -0.465 e. The molecular formula is C11H12N2O3. The Kier molecular flexibility index (Phi) is 4.20. The van der Waals surface area contributed by atoms with Gasteiger partial charge >= 0.3 is 5.97 Å². The van der Waals surface area contributed by atoms with Crippen LogP contribution in [0.15, 0.2) is 29.3 Å². The van der Waals surface area contributed by atoms with Crippen LogP contribution < -0.4 is 5.32 Å². The van der Waals surface area contributed by atoms with Gasteiger partial charge in [0.1, 0.15) is 0 Å². The van der Waals surface area contributed by atoms with E-state index in [1.807, 2.05) is 0 Å². The zero-order valence-corrected chi connectivity index (χ0v) is 9.06. The maximum Gasteiger partial charge on any atom is 0.339 e. The lowest BCUT2D eigenvalue weighted by atomic mass is 10.2. The molecule has 0 bridgehead atoms. The van der Waals surface area contributed by atoms with Gasteiger partial charge in [-0.2, -0.15) is 0 Å². The third-order valence-electron chi connectivity index (χ3n) is 1.84. The smallest absolute Gasteiger partial charge is 0.339 e. The van der Waals surface area contributed by atoms with Crippen LogP contribution in [-0.2, 0) is 9.53 Å².